The third-order valence-corrected chi connectivity index (χ3v) is 6.54. The summed E-state index contributed by atoms with van der Waals surface area (Å²) >= 11 is 1.36. The van der Waals surface area contributed by atoms with Gasteiger partial charge in [0.1, 0.15) is 5.82 Å². The van der Waals surface area contributed by atoms with Crippen LogP contribution in [0.5, 0.6) is 0 Å². The average Bonchev–Trinajstić information content (AvgIpc) is 3.25. The molecule has 0 N–H and O–H groups in total. The van der Waals surface area contributed by atoms with Crippen molar-refractivity contribution in [3.8, 4) is 11.4 Å². The second-order valence-corrected chi connectivity index (χ2v) is 8.71. The Morgan fingerprint density at radius 2 is 1.61 bits per heavy atom. The van der Waals surface area contributed by atoms with E-state index < -0.39 is 0 Å². The number of hydrogen-bond donors (Lipinski definition) is 0. The van der Waals surface area contributed by atoms with Gasteiger partial charge in [-0.1, -0.05) is 72.4 Å². The van der Waals surface area contributed by atoms with E-state index in [1.807, 2.05) is 79.2 Å². The molecule has 0 spiro atoms. The van der Waals surface area contributed by atoms with Gasteiger partial charge in [-0.25, -0.2) is 4.39 Å². The molecule has 0 saturated heterocycles. The standard InChI is InChI=1S/C26H25FN4OS/c1-19(21-11-7-4-8-12-21)30(2)24(32)18-33-26-29-28-25(22-13-15-23(27)16-14-22)31(26)17-20-9-5-3-6-10-20/h3-16,19H,17-18H2,1-2H3. The highest BCUT2D eigenvalue weighted by Gasteiger charge is 2.20. The molecular weight excluding hydrogens is 435 g/mol. The van der Waals surface area contributed by atoms with Gasteiger partial charge in [0.05, 0.1) is 18.3 Å². The first-order chi connectivity index (χ1) is 16.0. The first-order valence-electron chi connectivity index (χ1n) is 10.7. The molecule has 4 aromatic rings. The highest BCUT2D eigenvalue weighted by atomic mass is 32.2. The molecule has 0 aliphatic rings. The van der Waals surface area contributed by atoms with E-state index in [4.69, 9.17) is 0 Å². The van der Waals surface area contributed by atoms with Crippen LogP contribution in [0.1, 0.15) is 24.1 Å². The molecule has 33 heavy (non-hydrogen) atoms. The van der Waals surface area contributed by atoms with E-state index in [0.29, 0.717) is 17.5 Å². The van der Waals surface area contributed by atoms with Crippen molar-refractivity contribution < 1.29 is 9.18 Å². The molecule has 0 fully saturated rings. The molecule has 1 atom stereocenters. The maximum Gasteiger partial charge on any atom is 0.233 e. The summed E-state index contributed by atoms with van der Waals surface area (Å²) in [5.41, 5.74) is 2.95. The van der Waals surface area contributed by atoms with Gasteiger partial charge >= 0.3 is 0 Å². The van der Waals surface area contributed by atoms with E-state index in [1.165, 1.54) is 23.9 Å². The molecule has 0 radical (unpaired) electrons. The number of halogens is 1. The van der Waals surface area contributed by atoms with Crippen molar-refractivity contribution in [2.45, 2.75) is 24.7 Å². The molecule has 0 bridgehead atoms. The number of benzene rings is 3. The summed E-state index contributed by atoms with van der Waals surface area (Å²) in [5, 5.41) is 9.36. The number of rotatable bonds is 8. The molecule has 1 heterocycles. The summed E-state index contributed by atoms with van der Waals surface area (Å²) in [4.78, 5) is 14.7. The largest absolute Gasteiger partial charge is 0.338 e. The van der Waals surface area contributed by atoms with Crippen LogP contribution in [0.25, 0.3) is 11.4 Å². The van der Waals surface area contributed by atoms with Crippen molar-refractivity contribution in [3.63, 3.8) is 0 Å². The highest BCUT2D eigenvalue weighted by Crippen LogP contribution is 2.27. The monoisotopic (exact) mass is 460 g/mol. The fourth-order valence-corrected chi connectivity index (χ4v) is 4.38. The lowest BCUT2D eigenvalue weighted by molar-refractivity contribution is -0.128. The van der Waals surface area contributed by atoms with E-state index >= 15 is 0 Å². The Hall–Kier alpha value is -3.45. The van der Waals surface area contributed by atoms with E-state index in [2.05, 4.69) is 10.2 Å². The number of nitrogens with zero attached hydrogens (tertiary/aromatic N) is 4. The zero-order valence-corrected chi connectivity index (χ0v) is 19.4. The molecular formula is C26H25FN4OS. The molecule has 0 aliphatic heterocycles. The van der Waals surface area contributed by atoms with Crippen LogP contribution in [-0.2, 0) is 11.3 Å². The van der Waals surface area contributed by atoms with Crippen LogP contribution in [-0.4, -0.2) is 38.4 Å². The Balaban J connectivity index is 1.54. The molecule has 1 unspecified atom stereocenters. The van der Waals surface area contributed by atoms with E-state index in [0.717, 1.165) is 16.7 Å². The third-order valence-electron chi connectivity index (χ3n) is 5.58. The molecule has 0 saturated carbocycles. The summed E-state index contributed by atoms with van der Waals surface area (Å²) in [7, 11) is 1.82. The topological polar surface area (TPSA) is 51.0 Å². The average molecular weight is 461 g/mol. The molecule has 3 aromatic carbocycles. The van der Waals surface area contributed by atoms with Crippen molar-refractivity contribution in [3.05, 3.63) is 102 Å². The van der Waals surface area contributed by atoms with E-state index in [-0.39, 0.29) is 23.5 Å². The smallest absolute Gasteiger partial charge is 0.233 e. The zero-order valence-electron chi connectivity index (χ0n) is 18.6. The number of carbonyl (C=O) groups excluding carboxylic acids is 1. The number of aromatic nitrogens is 3. The lowest BCUT2D eigenvalue weighted by atomic mass is 10.1. The maximum atomic E-state index is 13.4. The Kier molecular flexibility index (Phi) is 7.19. The van der Waals surface area contributed by atoms with Gasteiger partial charge in [0, 0.05) is 12.6 Å². The summed E-state index contributed by atoms with van der Waals surface area (Å²) in [6.45, 7) is 2.57. The van der Waals surface area contributed by atoms with Gasteiger partial charge in [-0.05, 0) is 42.3 Å². The Morgan fingerprint density at radius 3 is 2.27 bits per heavy atom. The summed E-state index contributed by atoms with van der Waals surface area (Å²) in [6, 6.07) is 26.1. The lowest BCUT2D eigenvalue weighted by Crippen LogP contribution is -2.31. The lowest BCUT2D eigenvalue weighted by Gasteiger charge is -2.25. The fraction of sp³-hybridized carbons (Fsp3) is 0.192. The Bertz CT molecular complexity index is 1200. The Morgan fingerprint density at radius 1 is 0.970 bits per heavy atom. The van der Waals surface area contributed by atoms with Crippen LogP contribution in [0, 0.1) is 5.82 Å². The minimum Gasteiger partial charge on any atom is -0.338 e. The number of hydrogen-bond acceptors (Lipinski definition) is 4. The molecule has 1 aromatic heterocycles. The Labute approximate surface area is 197 Å². The third kappa shape index (κ3) is 5.49. The SMILES string of the molecule is CC(c1ccccc1)N(C)C(=O)CSc1nnc(-c2ccc(F)cc2)n1Cc1ccccc1. The predicted molar refractivity (Wildman–Crippen MR) is 129 cm³/mol. The minimum absolute atomic E-state index is 0.00828. The van der Waals surface area contributed by atoms with E-state index in [9.17, 15) is 9.18 Å². The maximum absolute atomic E-state index is 13.4. The molecule has 1 amide bonds. The number of amides is 1. The zero-order chi connectivity index (χ0) is 23.2. The van der Waals surface area contributed by atoms with Gasteiger partial charge in [0.2, 0.25) is 5.91 Å². The first-order valence-corrected chi connectivity index (χ1v) is 11.7. The van der Waals surface area contributed by atoms with Crippen molar-refractivity contribution in [1.82, 2.24) is 19.7 Å². The van der Waals surface area contributed by atoms with Crippen LogP contribution < -0.4 is 0 Å². The van der Waals surface area contributed by atoms with Gasteiger partial charge < -0.3 is 4.90 Å². The van der Waals surface area contributed by atoms with Crippen molar-refractivity contribution in [1.29, 1.82) is 0 Å². The van der Waals surface area contributed by atoms with Crippen molar-refractivity contribution in [2.24, 2.45) is 0 Å². The molecule has 7 heteroatoms. The minimum atomic E-state index is -0.302. The van der Waals surface area contributed by atoms with Crippen LogP contribution in [0.2, 0.25) is 0 Å². The van der Waals surface area contributed by atoms with Gasteiger partial charge in [0.25, 0.3) is 0 Å². The van der Waals surface area contributed by atoms with Crippen molar-refractivity contribution in [2.75, 3.05) is 12.8 Å². The second kappa shape index (κ2) is 10.4. The quantitative estimate of drug-likeness (QED) is 0.328. The van der Waals surface area contributed by atoms with E-state index in [1.54, 1.807) is 17.0 Å². The normalized spacial score (nSPS) is 11.8. The predicted octanol–water partition coefficient (Wildman–Crippen LogP) is 5.44. The van der Waals surface area contributed by atoms with Crippen molar-refractivity contribution >= 4 is 17.7 Å². The number of carbonyl (C=O) groups is 1. The fourth-order valence-electron chi connectivity index (χ4n) is 3.52. The number of thioether (sulfide) groups is 1. The first kappa shape index (κ1) is 22.7. The molecule has 4 rings (SSSR count). The van der Waals surface area contributed by atoms with Gasteiger partial charge in [0.15, 0.2) is 11.0 Å². The van der Waals surface area contributed by atoms with Gasteiger partial charge in [-0.3, -0.25) is 9.36 Å². The highest BCUT2D eigenvalue weighted by molar-refractivity contribution is 7.99. The summed E-state index contributed by atoms with van der Waals surface area (Å²) < 4.78 is 15.4. The second-order valence-electron chi connectivity index (χ2n) is 7.76. The van der Waals surface area contributed by atoms with Crippen LogP contribution in [0.15, 0.2) is 90.1 Å². The van der Waals surface area contributed by atoms with Crippen LogP contribution in [0.4, 0.5) is 4.39 Å². The van der Waals surface area contributed by atoms with Crippen LogP contribution in [0.3, 0.4) is 0 Å². The summed E-state index contributed by atoms with van der Waals surface area (Å²) in [5.74, 6) is 0.585. The van der Waals surface area contributed by atoms with Gasteiger partial charge in [-0.15, -0.1) is 10.2 Å². The molecule has 0 aliphatic carbocycles. The van der Waals surface area contributed by atoms with Gasteiger partial charge in [-0.2, -0.15) is 0 Å². The van der Waals surface area contributed by atoms with Crippen LogP contribution >= 0.6 is 11.8 Å². The molecule has 168 valence electrons. The summed E-state index contributed by atoms with van der Waals surface area (Å²) in [6.07, 6.45) is 0. The molecule has 5 nitrogen and oxygen atoms in total.